The minimum atomic E-state index is -0.397. The van der Waals surface area contributed by atoms with Crippen molar-refractivity contribution in [2.24, 2.45) is 0 Å². The van der Waals surface area contributed by atoms with Gasteiger partial charge in [-0.3, -0.25) is 15.1 Å². The second-order valence-corrected chi connectivity index (χ2v) is 7.50. The Hall–Kier alpha value is -4.33. The first-order valence-electron chi connectivity index (χ1n) is 10.6. The largest absolute Gasteiger partial charge is 0.493 e. The van der Waals surface area contributed by atoms with Crippen molar-refractivity contribution in [3.8, 4) is 23.0 Å². The molecule has 0 atom stereocenters. The van der Waals surface area contributed by atoms with Crippen LogP contribution in [0.15, 0.2) is 66.9 Å². The summed E-state index contributed by atoms with van der Waals surface area (Å²) in [6.45, 7) is 0.360. The molecule has 0 fully saturated rings. The molecule has 8 nitrogen and oxygen atoms in total. The Labute approximate surface area is 196 Å². The molecular weight excluding hydrogens is 436 g/mol. The maximum Gasteiger partial charge on any atom is 0.273 e. The lowest BCUT2D eigenvalue weighted by Gasteiger charge is -2.16. The number of nitro benzene ring substituents is 1. The maximum atomic E-state index is 11.7. The highest BCUT2D eigenvalue weighted by Gasteiger charge is 2.21. The van der Waals surface area contributed by atoms with Crippen LogP contribution in [-0.4, -0.2) is 31.2 Å². The molecule has 0 bridgehead atoms. The molecule has 4 rings (SSSR count). The third-order valence-corrected chi connectivity index (χ3v) is 5.50. The van der Waals surface area contributed by atoms with Gasteiger partial charge in [-0.2, -0.15) is 0 Å². The molecule has 0 aliphatic heterocycles. The highest BCUT2D eigenvalue weighted by molar-refractivity contribution is 5.94. The van der Waals surface area contributed by atoms with Gasteiger partial charge in [-0.15, -0.1) is 0 Å². The summed E-state index contributed by atoms with van der Waals surface area (Å²) in [5, 5.41) is 13.3. The number of fused-ring (bicyclic) bond motifs is 1. The van der Waals surface area contributed by atoms with Crippen LogP contribution in [0.1, 0.15) is 16.8 Å². The molecule has 1 heterocycles. The minimum Gasteiger partial charge on any atom is -0.493 e. The van der Waals surface area contributed by atoms with Crippen LogP contribution < -0.4 is 18.9 Å². The Balaban J connectivity index is 1.75. The number of nitro groups is 1. The third kappa shape index (κ3) is 4.56. The topological polar surface area (TPSA) is 93.0 Å². The van der Waals surface area contributed by atoms with Gasteiger partial charge in [0.25, 0.3) is 5.69 Å². The molecule has 34 heavy (non-hydrogen) atoms. The lowest BCUT2D eigenvalue weighted by Crippen LogP contribution is -2.02. The fourth-order valence-corrected chi connectivity index (χ4v) is 3.89. The van der Waals surface area contributed by atoms with Crippen LogP contribution in [0.4, 0.5) is 5.69 Å². The van der Waals surface area contributed by atoms with E-state index in [-0.39, 0.29) is 12.1 Å². The number of hydrogen-bond donors (Lipinski definition) is 0. The third-order valence-electron chi connectivity index (χ3n) is 5.50. The van der Waals surface area contributed by atoms with Crippen molar-refractivity contribution in [2.75, 3.05) is 21.3 Å². The molecular formula is C26H24N2O6. The van der Waals surface area contributed by atoms with Crippen LogP contribution in [0.3, 0.4) is 0 Å². The Morgan fingerprint density at radius 3 is 2.32 bits per heavy atom. The van der Waals surface area contributed by atoms with Crippen molar-refractivity contribution in [2.45, 2.75) is 13.0 Å². The molecule has 0 aliphatic rings. The predicted molar refractivity (Wildman–Crippen MR) is 128 cm³/mol. The molecule has 0 amide bonds. The first-order valence-corrected chi connectivity index (χ1v) is 10.6. The average Bonchev–Trinajstić information content (AvgIpc) is 2.87. The normalized spacial score (nSPS) is 10.7. The van der Waals surface area contributed by atoms with Gasteiger partial charge in [-0.05, 0) is 29.8 Å². The molecule has 3 aromatic carbocycles. The predicted octanol–water partition coefficient (Wildman–Crippen LogP) is 5.34. The van der Waals surface area contributed by atoms with Crippen LogP contribution >= 0.6 is 0 Å². The van der Waals surface area contributed by atoms with Crippen molar-refractivity contribution < 1.29 is 23.9 Å². The lowest BCUT2D eigenvalue weighted by atomic mass is 10.0. The van der Waals surface area contributed by atoms with Crippen LogP contribution in [0.25, 0.3) is 10.8 Å². The number of ether oxygens (including phenoxy) is 4. The molecule has 0 unspecified atom stereocenters. The van der Waals surface area contributed by atoms with Gasteiger partial charge in [0.1, 0.15) is 12.4 Å². The van der Waals surface area contributed by atoms with E-state index in [2.05, 4.69) is 4.98 Å². The van der Waals surface area contributed by atoms with E-state index < -0.39 is 4.92 Å². The van der Waals surface area contributed by atoms with Crippen molar-refractivity contribution in [3.05, 3.63) is 93.8 Å². The summed E-state index contributed by atoms with van der Waals surface area (Å²) in [6, 6.07) is 18.1. The van der Waals surface area contributed by atoms with E-state index in [0.29, 0.717) is 40.9 Å². The number of aromatic nitrogens is 1. The lowest BCUT2D eigenvalue weighted by molar-refractivity contribution is -0.385. The van der Waals surface area contributed by atoms with E-state index in [1.807, 2.05) is 36.4 Å². The Bertz CT molecular complexity index is 1320. The smallest absolute Gasteiger partial charge is 0.273 e. The number of benzene rings is 3. The summed E-state index contributed by atoms with van der Waals surface area (Å²) in [6.07, 6.45) is 1.86. The quantitative estimate of drug-likeness (QED) is 0.246. The van der Waals surface area contributed by atoms with Crippen LogP contribution in [0, 0.1) is 10.1 Å². The number of methoxy groups -OCH3 is 3. The fraction of sp³-hybridized carbons (Fsp3) is 0.192. The van der Waals surface area contributed by atoms with Crippen molar-refractivity contribution in [3.63, 3.8) is 0 Å². The van der Waals surface area contributed by atoms with Gasteiger partial charge in [0.15, 0.2) is 11.5 Å². The second kappa shape index (κ2) is 10.1. The monoisotopic (exact) mass is 460 g/mol. The minimum absolute atomic E-state index is 0.00157. The van der Waals surface area contributed by atoms with Crippen molar-refractivity contribution >= 4 is 16.5 Å². The SMILES string of the molecule is COc1cc2c(Cc3cc(OCc4ccccc4)ccc3[N+](=O)[O-])nccc2c(OC)c1OC. The Morgan fingerprint density at radius 1 is 0.882 bits per heavy atom. The summed E-state index contributed by atoms with van der Waals surface area (Å²) in [7, 11) is 4.63. The molecule has 0 spiro atoms. The Kier molecular flexibility index (Phi) is 6.77. The zero-order valence-electron chi connectivity index (χ0n) is 19.1. The van der Waals surface area contributed by atoms with Crippen molar-refractivity contribution in [1.82, 2.24) is 4.98 Å². The number of rotatable bonds is 9. The number of nitrogens with zero attached hydrogens (tertiary/aromatic N) is 2. The van der Waals surface area contributed by atoms with Gasteiger partial charge >= 0.3 is 0 Å². The zero-order chi connectivity index (χ0) is 24.1. The maximum absolute atomic E-state index is 11.7. The van der Waals surface area contributed by atoms with Crippen LogP contribution in [-0.2, 0) is 13.0 Å². The highest BCUT2D eigenvalue weighted by atomic mass is 16.6. The van der Waals surface area contributed by atoms with E-state index >= 15 is 0 Å². The molecule has 8 heteroatoms. The highest BCUT2D eigenvalue weighted by Crippen LogP contribution is 2.44. The molecule has 0 N–H and O–H groups in total. The van der Waals surface area contributed by atoms with E-state index in [1.54, 1.807) is 38.6 Å². The van der Waals surface area contributed by atoms with Crippen LogP contribution in [0.2, 0.25) is 0 Å². The first kappa shape index (κ1) is 22.8. The van der Waals surface area contributed by atoms with Gasteiger partial charge in [0.05, 0.1) is 31.9 Å². The average molecular weight is 460 g/mol. The molecule has 0 radical (unpaired) electrons. The van der Waals surface area contributed by atoms with Gasteiger partial charge < -0.3 is 18.9 Å². The molecule has 1 aromatic heterocycles. The van der Waals surface area contributed by atoms with Gasteiger partial charge in [-0.1, -0.05) is 30.3 Å². The Morgan fingerprint density at radius 2 is 1.65 bits per heavy atom. The molecule has 0 saturated heterocycles. The molecule has 4 aromatic rings. The first-order chi connectivity index (χ1) is 16.5. The number of pyridine rings is 1. The van der Waals surface area contributed by atoms with E-state index in [9.17, 15) is 10.1 Å². The van der Waals surface area contributed by atoms with Crippen LogP contribution in [0.5, 0.6) is 23.0 Å². The second-order valence-electron chi connectivity index (χ2n) is 7.50. The van der Waals surface area contributed by atoms with E-state index in [1.165, 1.54) is 13.2 Å². The summed E-state index contributed by atoms with van der Waals surface area (Å²) in [5.74, 6) is 2.00. The van der Waals surface area contributed by atoms with E-state index in [0.717, 1.165) is 16.3 Å². The van der Waals surface area contributed by atoms with Gasteiger partial charge in [0, 0.05) is 35.0 Å². The summed E-state index contributed by atoms with van der Waals surface area (Å²) >= 11 is 0. The van der Waals surface area contributed by atoms with Crippen molar-refractivity contribution in [1.29, 1.82) is 0 Å². The zero-order valence-corrected chi connectivity index (χ0v) is 19.1. The summed E-state index contributed by atoms with van der Waals surface area (Å²) < 4.78 is 22.5. The fourth-order valence-electron chi connectivity index (χ4n) is 3.89. The molecule has 174 valence electrons. The van der Waals surface area contributed by atoms with E-state index in [4.69, 9.17) is 18.9 Å². The van der Waals surface area contributed by atoms with Gasteiger partial charge in [0.2, 0.25) is 5.75 Å². The number of hydrogen-bond acceptors (Lipinski definition) is 7. The van der Waals surface area contributed by atoms with Gasteiger partial charge in [-0.25, -0.2) is 0 Å². The summed E-state index contributed by atoms with van der Waals surface area (Å²) in [4.78, 5) is 15.9. The summed E-state index contributed by atoms with van der Waals surface area (Å²) in [5.41, 5.74) is 2.13. The standard InChI is InChI=1S/C26H24N2O6/c1-31-24-15-21-20(25(32-2)26(24)33-3)11-12-27-22(21)14-18-13-19(9-10-23(18)28(29)30)34-16-17-7-5-4-6-8-17/h4-13,15H,14,16H2,1-3H3. The molecule has 0 saturated carbocycles. The molecule has 0 aliphatic carbocycles.